The van der Waals surface area contributed by atoms with Crippen LogP contribution in [0.15, 0.2) is 47.4 Å². The molecule has 0 bridgehead atoms. The van der Waals surface area contributed by atoms with Crippen LogP contribution >= 0.6 is 34.7 Å². The van der Waals surface area contributed by atoms with E-state index in [2.05, 4.69) is 18.4 Å². The summed E-state index contributed by atoms with van der Waals surface area (Å²) in [5.74, 6) is -0.0999. The Balaban J connectivity index is 1.71. The smallest absolute Gasteiger partial charge is 0.260 e. The predicted molar refractivity (Wildman–Crippen MR) is 114 cm³/mol. The average molecular weight is 419 g/mol. The number of ether oxygens (including phenoxy) is 1. The van der Waals surface area contributed by atoms with Gasteiger partial charge in [0.1, 0.15) is 0 Å². The van der Waals surface area contributed by atoms with Crippen LogP contribution in [0.4, 0.5) is 5.13 Å². The summed E-state index contributed by atoms with van der Waals surface area (Å²) in [5, 5.41) is 1.25. The molecule has 0 N–H and O–H groups in total. The van der Waals surface area contributed by atoms with Crippen LogP contribution in [-0.2, 0) is 4.74 Å². The third-order valence-electron chi connectivity index (χ3n) is 4.54. The number of amides is 1. The fourth-order valence-electron chi connectivity index (χ4n) is 3.15. The first-order chi connectivity index (χ1) is 13.1. The molecule has 1 amide bonds. The van der Waals surface area contributed by atoms with Gasteiger partial charge in [-0.05, 0) is 55.5 Å². The molecular weight excluding hydrogens is 400 g/mol. The number of thioether (sulfide) groups is 1. The molecule has 1 saturated heterocycles. The number of hydrogen-bond donors (Lipinski definition) is 0. The molecule has 0 saturated carbocycles. The SMILES string of the molecule is CSc1ccc2nc(N(C[C@@H]3CCCO3)C(=O)c3cccc(Cl)c3)sc2c1. The number of benzene rings is 2. The Hall–Kier alpha value is -1.60. The maximum absolute atomic E-state index is 13.3. The van der Waals surface area contributed by atoms with Crippen molar-refractivity contribution < 1.29 is 9.53 Å². The van der Waals surface area contributed by atoms with E-state index in [1.165, 1.54) is 16.2 Å². The van der Waals surface area contributed by atoms with Crippen LogP contribution in [0.2, 0.25) is 5.02 Å². The topological polar surface area (TPSA) is 42.4 Å². The van der Waals surface area contributed by atoms with E-state index in [9.17, 15) is 4.79 Å². The molecule has 1 atom stereocenters. The summed E-state index contributed by atoms with van der Waals surface area (Å²) < 4.78 is 6.86. The summed E-state index contributed by atoms with van der Waals surface area (Å²) in [6, 6.07) is 13.2. The van der Waals surface area contributed by atoms with Crippen molar-refractivity contribution in [2.45, 2.75) is 23.8 Å². The van der Waals surface area contributed by atoms with Crippen LogP contribution in [-0.4, -0.2) is 36.4 Å². The van der Waals surface area contributed by atoms with E-state index in [-0.39, 0.29) is 12.0 Å². The number of nitrogens with zero attached hydrogens (tertiary/aromatic N) is 2. The summed E-state index contributed by atoms with van der Waals surface area (Å²) >= 11 is 9.33. The minimum absolute atomic E-state index is 0.0434. The zero-order valence-electron chi connectivity index (χ0n) is 14.9. The minimum Gasteiger partial charge on any atom is -0.376 e. The van der Waals surface area contributed by atoms with E-state index >= 15 is 0 Å². The molecule has 140 valence electrons. The predicted octanol–water partition coefficient (Wildman–Crippen LogP) is 5.50. The van der Waals surface area contributed by atoms with E-state index < -0.39 is 0 Å². The highest BCUT2D eigenvalue weighted by molar-refractivity contribution is 7.98. The van der Waals surface area contributed by atoms with Crippen LogP contribution in [0.5, 0.6) is 0 Å². The molecule has 1 aliphatic rings. The fourth-order valence-corrected chi connectivity index (χ4v) is 4.87. The molecule has 3 aromatic rings. The quantitative estimate of drug-likeness (QED) is 0.513. The van der Waals surface area contributed by atoms with E-state index in [4.69, 9.17) is 21.3 Å². The summed E-state index contributed by atoms with van der Waals surface area (Å²) in [4.78, 5) is 20.9. The van der Waals surface area contributed by atoms with Crippen molar-refractivity contribution in [3.05, 3.63) is 53.1 Å². The van der Waals surface area contributed by atoms with Crippen molar-refractivity contribution in [1.82, 2.24) is 4.98 Å². The van der Waals surface area contributed by atoms with Crippen LogP contribution in [0.3, 0.4) is 0 Å². The van der Waals surface area contributed by atoms with Gasteiger partial charge < -0.3 is 4.74 Å². The molecule has 4 nitrogen and oxygen atoms in total. The Morgan fingerprint density at radius 1 is 1.37 bits per heavy atom. The standard InChI is InChI=1S/C20H19ClN2O2S2/c1-26-16-7-8-17-18(11-16)27-20(22-17)23(12-15-6-3-9-25-15)19(24)13-4-2-5-14(21)10-13/h2,4-5,7-8,10-11,15H,3,6,9,12H2,1H3/t15-/m0/s1. The van der Waals surface area contributed by atoms with Gasteiger partial charge in [-0.15, -0.1) is 11.8 Å². The van der Waals surface area contributed by atoms with E-state index in [1.807, 2.05) is 6.07 Å². The van der Waals surface area contributed by atoms with Crippen molar-refractivity contribution in [2.75, 3.05) is 24.3 Å². The molecule has 27 heavy (non-hydrogen) atoms. The first-order valence-corrected chi connectivity index (χ1v) is 11.2. The van der Waals surface area contributed by atoms with Crippen LogP contribution in [0.25, 0.3) is 10.2 Å². The van der Waals surface area contributed by atoms with Crippen LogP contribution < -0.4 is 4.90 Å². The number of carbonyl (C=O) groups is 1. The fraction of sp³-hybridized carbons (Fsp3) is 0.300. The Morgan fingerprint density at radius 3 is 3.00 bits per heavy atom. The highest BCUT2D eigenvalue weighted by Gasteiger charge is 2.27. The van der Waals surface area contributed by atoms with Gasteiger partial charge in [-0.1, -0.05) is 29.0 Å². The molecule has 1 aromatic heterocycles. The van der Waals surface area contributed by atoms with Gasteiger partial charge in [0.15, 0.2) is 5.13 Å². The van der Waals surface area contributed by atoms with Gasteiger partial charge in [0.25, 0.3) is 5.91 Å². The summed E-state index contributed by atoms with van der Waals surface area (Å²) in [6.07, 6.45) is 4.08. The van der Waals surface area contributed by atoms with E-state index in [0.717, 1.165) is 29.7 Å². The van der Waals surface area contributed by atoms with E-state index in [0.29, 0.717) is 22.3 Å². The van der Waals surface area contributed by atoms with Gasteiger partial charge in [0.2, 0.25) is 0 Å². The number of anilines is 1. The zero-order valence-corrected chi connectivity index (χ0v) is 17.2. The first-order valence-electron chi connectivity index (χ1n) is 8.77. The Bertz CT molecular complexity index is 970. The van der Waals surface area contributed by atoms with Crippen molar-refractivity contribution in [3.8, 4) is 0 Å². The van der Waals surface area contributed by atoms with Crippen LogP contribution in [0.1, 0.15) is 23.2 Å². The monoisotopic (exact) mass is 418 g/mol. The molecule has 7 heteroatoms. The van der Waals surface area contributed by atoms with Gasteiger partial charge in [0.05, 0.1) is 22.9 Å². The highest BCUT2D eigenvalue weighted by Crippen LogP contribution is 2.33. The van der Waals surface area contributed by atoms with Gasteiger partial charge >= 0.3 is 0 Å². The second-order valence-corrected chi connectivity index (χ2v) is 8.72. The number of thiazole rings is 1. The molecule has 4 rings (SSSR count). The number of aromatic nitrogens is 1. The van der Waals surface area contributed by atoms with Crippen molar-refractivity contribution in [3.63, 3.8) is 0 Å². The number of carbonyl (C=O) groups excluding carboxylic acids is 1. The molecule has 2 heterocycles. The molecular formula is C20H19ClN2O2S2. The highest BCUT2D eigenvalue weighted by atomic mass is 35.5. The first kappa shape index (κ1) is 18.7. The largest absolute Gasteiger partial charge is 0.376 e. The minimum atomic E-state index is -0.0999. The lowest BCUT2D eigenvalue weighted by atomic mass is 10.2. The maximum Gasteiger partial charge on any atom is 0.260 e. The van der Waals surface area contributed by atoms with Gasteiger partial charge in [-0.2, -0.15) is 0 Å². The maximum atomic E-state index is 13.3. The Morgan fingerprint density at radius 2 is 2.26 bits per heavy atom. The summed E-state index contributed by atoms with van der Waals surface area (Å²) in [5.41, 5.74) is 1.47. The van der Waals surface area contributed by atoms with Crippen LogP contribution in [0, 0.1) is 0 Å². The van der Waals surface area contributed by atoms with Gasteiger partial charge in [0, 0.05) is 22.1 Å². The molecule has 0 spiro atoms. The van der Waals surface area contributed by atoms with Gasteiger partial charge in [-0.3, -0.25) is 9.69 Å². The molecule has 1 fully saturated rings. The number of fused-ring (bicyclic) bond motifs is 1. The lowest BCUT2D eigenvalue weighted by Crippen LogP contribution is -2.37. The summed E-state index contributed by atoms with van der Waals surface area (Å²) in [7, 11) is 0. The van der Waals surface area contributed by atoms with Crippen molar-refractivity contribution in [1.29, 1.82) is 0 Å². The van der Waals surface area contributed by atoms with Crippen molar-refractivity contribution in [2.24, 2.45) is 0 Å². The van der Waals surface area contributed by atoms with Gasteiger partial charge in [-0.25, -0.2) is 4.98 Å². The third-order valence-corrected chi connectivity index (χ3v) is 6.54. The molecule has 2 aromatic carbocycles. The average Bonchev–Trinajstić information content (AvgIpc) is 3.34. The lowest BCUT2D eigenvalue weighted by molar-refractivity contribution is 0.0917. The molecule has 0 radical (unpaired) electrons. The Kier molecular flexibility index (Phi) is 5.68. The zero-order chi connectivity index (χ0) is 18.8. The third kappa shape index (κ3) is 4.14. The Labute approximate surface area is 171 Å². The second-order valence-electron chi connectivity index (χ2n) is 6.39. The number of rotatable bonds is 5. The lowest BCUT2D eigenvalue weighted by Gasteiger charge is -2.23. The summed E-state index contributed by atoms with van der Waals surface area (Å²) in [6.45, 7) is 1.25. The number of hydrogen-bond acceptors (Lipinski definition) is 5. The molecule has 0 unspecified atom stereocenters. The van der Waals surface area contributed by atoms with E-state index in [1.54, 1.807) is 40.9 Å². The van der Waals surface area contributed by atoms with Crippen molar-refractivity contribution >= 4 is 56.0 Å². The molecule has 0 aliphatic carbocycles. The molecule has 1 aliphatic heterocycles. The number of halogens is 1. The second kappa shape index (κ2) is 8.19. The normalized spacial score (nSPS) is 16.7.